The third kappa shape index (κ3) is 1.80. The molecule has 1 aromatic rings. The summed E-state index contributed by atoms with van der Waals surface area (Å²) < 4.78 is 1.40. The Morgan fingerprint density at radius 2 is 2.18 bits per heavy atom. The quantitative estimate of drug-likeness (QED) is 0.659. The number of hydrogen-bond donors (Lipinski definition) is 2. The summed E-state index contributed by atoms with van der Waals surface area (Å²) in [5.41, 5.74) is 5.69. The lowest BCUT2D eigenvalue weighted by Gasteiger charge is -2.08. The molecule has 0 fully saturated rings. The fourth-order valence-electron chi connectivity index (χ4n) is 0.740. The van der Waals surface area contributed by atoms with Crippen LogP contribution in [-0.2, 0) is 0 Å². The molecule has 0 aliphatic heterocycles. The molecule has 0 radical (unpaired) electrons. The van der Waals surface area contributed by atoms with Gasteiger partial charge in [0.25, 0.3) is 0 Å². The molecule has 0 unspecified atom stereocenters. The molecule has 0 saturated heterocycles. The van der Waals surface area contributed by atoms with E-state index in [1.807, 2.05) is 13.8 Å². The second kappa shape index (κ2) is 2.74. The summed E-state index contributed by atoms with van der Waals surface area (Å²) in [4.78, 5) is 5.19. The van der Waals surface area contributed by atoms with E-state index in [0.717, 1.165) is 0 Å². The summed E-state index contributed by atoms with van der Waals surface area (Å²) in [6, 6.07) is 0. The van der Waals surface area contributed by atoms with E-state index in [9.17, 15) is 0 Å². The average Bonchev–Trinajstić information content (AvgIpc) is 2.10. The third-order valence-corrected chi connectivity index (χ3v) is 1.14. The van der Waals surface area contributed by atoms with Gasteiger partial charge in [-0.15, -0.1) is 0 Å². The number of nitrogen functional groups attached to an aromatic ring is 1. The smallest absolute Gasteiger partial charge is 0.159 e. The van der Waals surface area contributed by atoms with Gasteiger partial charge >= 0.3 is 0 Å². The minimum Gasteiger partial charge on any atom is -0.504 e. The maximum absolute atomic E-state index is 9.03. The highest BCUT2D eigenvalue weighted by Crippen LogP contribution is 2.18. The van der Waals surface area contributed by atoms with E-state index in [2.05, 4.69) is 0 Å². The molecule has 0 saturated carbocycles. The number of aromatic hydroxyl groups is 1. The minimum atomic E-state index is 0.0469. The molecule has 1 aromatic heterocycles. The van der Waals surface area contributed by atoms with Gasteiger partial charge in [0.2, 0.25) is 0 Å². The van der Waals surface area contributed by atoms with E-state index < -0.39 is 0 Å². The Morgan fingerprint density at radius 3 is 2.55 bits per heavy atom. The fraction of sp³-hybridized carbons (Fsp3) is 0.429. The number of rotatable bonds is 2. The van der Waals surface area contributed by atoms with Crippen molar-refractivity contribution < 1.29 is 9.94 Å². The van der Waals surface area contributed by atoms with Crippen molar-refractivity contribution in [2.75, 3.05) is 5.73 Å². The van der Waals surface area contributed by atoms with Crippen LogP contribution >= 0.6 is 0 Å². The zero-order chi connectivity index (χ0) is 8.43. The van der Waals surface area contributed by atoms with Gasteiger partial charge in [-0.1, -0.05) is 0 Å². The first-order chi connectivity index (χ1) is 5.09. The second-order valence-electron chi connectivity index (χ2n) is 2.61. The van der Waals surface area contributed by atoms with Gasteiger partial charge in [-0.2, -0.15) is 4.73 Å². The Hall–Kier alpha value is -1.32. The lowest BCUT2D eigenvalue weighted by Crippen LogP contribution is -2.16. The summed E-state index contributed by atoms with van der Waals surface area (Å²) in [6.45, 7) is 3.79. The first-order valence-electron chi connectivity index (χ1n) is 3.43. The zero-order valence-corrected chi connectivity index (χ0v) is 6.61. The fourth-order valence-corrected chi connectivity index (χ4v) is 0.740. The standard InChI is InChI=1S/C7H12N2O2/c1-5(2)11-9-3-6(8)7(10)4-9/h3-5,10H,8H2,1-2H3. The van der Waals surface area contributed by atoms with E-state index in [4.69, 9.17) is 15.7 Å². The molecular weight excluding hydrogens is 144 g/mol. The average molecular weight is 156 g/mol. The van der Waals surface area contributed by atoms with Crippen molar-refractivity contribution >= 4 is 5.69 Å². The Balaban J connectivity index is 2.73. The zero-order valence-electron chi connectivity index (χ0n) is 6.61. The molecule has 0 aliphatic rings. The van der Waals surface area contributed by atoms with Crippen LogP contribution in [0.15, 0.2) is 12.4 Å². The van der Waals surface area contributed by atoms with Crippen molar-refractivity contribution in [1.29, 1.82) is 0 Å². The van der Waals surface area contributed by atoms with E-state index in [-0.39, 0.29) is 11.9 Å². The van der Waals surface area contributed by atoms with E-state index in [1.165, 1.54) is 17.1 Å². The highest BCUT2D eigenvalue weighted by atomic mass is 16.7. The Kier molecular flexibility index (Phi) is 1.94. The molecule has 0 spiro atoms. The van der Waals surface area contributed by atoms with E-state index in [1.54, 1.807) is 0 Å². The predicted octanol–water partition coefficient (Wildman–Crippen LogP) is 0.613. The van der Waals surface area contributed by atoms with Crippen LogP contribution in [0.2, 0.25) is 0 Å². The second-order valence-corrected chi connectivity index (χ2v) is 2.61. The topological polar surface area (TPSA) is 60.4 Å². The van der Waals surface area contributed by atoms with E-state index >= 15 is 0 Å². The number of nitrogens with zero attached hydrogens (tertiary/aromatic N) is 1. The lowest BCUT2D eigenvalue weighted by atomic mass is 10.5. The molecule has 1 heterocycles. The molecule has 3 N–H and O–H groups in total. The summed E-state index contributed by atoms with van der Waals surface area (Å²) >= 11 is 0. The third-order valence-electron chi connectivity index (χ3n) is 1.14. The first-order valence-corrected chi connectivity index (χ1v) is 3.43. The predicted molar refractivity (Wildman–Crippen MR) is 42.2 cm³/mol. The summed E-state index contributed by atoms with van der Waals surface area (Å²) in [7, 11) is 0. The summed E-state index contributed by atoms with van der Waals surface area (Å²) in [5.74, 6) is 0.0469. The molecule has 0 atom stereocenters. The Bertz CT molecular complexity index is 223. The van der Waals surface area contributed by atoms with Gasteiger partial charge in [0.05, 0.1) is 18.1 Å². The number of anilines is 1. The van der Waals surface area contributed by atoms with Gasteiger partial charge in [0.1, 0.15) is 6.10 Å². The molecule has 11 heavy (non-hydrogen) atoms. The maximum Gasteiger partial charge on any atom is 0.159 e. The lowest BCUT2D eigenvalue weighted by molar-refractivity contribution is 0.0601. The van der Waals surface area contributed by atoms with Crippen LogP contribution in [-0.4, -0.2) is 15.9 Å². The number of nitrogens with two attached hydrogens (primary N) is 1. The van der Waals surface area contributed by atoms with Crippen molar-refractivity contribution in [1.82, 2.24) is 4.73 Å². The van der Waals surface area contributed by atoms with Crippen LogP contribution < -0.4 is 10.6 Å². The van der Waals surface area contributed by atoms with Gasteiger partial charge in [0, 0.05) is 0 Å². The molecule has 4 nitrogen and oxygen atoms in total. The van der Waals surface area contributed by atoms with Crippen LogP contribution in [0, 0.1) is 0 Å². The van der Waals surface area contributed by atoms with Crippen LogP contribution in [0.4, 0.5) is 5.69 Å². The minimum absolute atomic E-state index is 0.0469. The molecule has 0 amide bonds. The summed E-state index contributed by atoms with van der Waals surface area (Å²) in [6.07, 6.45) is 3.02. The highest BCUT2D eigenvalue weighted by Gasteiger charge is 2.02. The van der Waals surface area contributed by atoms with Crippen LogP contribution in [0.3, 0.4) is 0 Å². The Morgan fingerprint density at radius 1 is 1.55 bits per heavy atom. The van der Waals surface area contributed by atoms with Gasteiger partial charge in [-0.3, -0.25) is 0 Å². The number of aromatic nitrogens is 1. The van der Waals surface area contributed by atoms with Crippen molar-refractivity contribution in [2.24, 2.45) is 0 Å². The van der Waals surface area contributed by atoms with E-state index in [0.29, 0.717) is 5.69 Å². The molecule has 0 bridgehead atoms. The normalized spacial score (nSPS) is 10.5. The molecular formula is C7H12N2O2. The maximum atomic E-state index is 9.03. The largest absolute Gasteiger partial charge is 0.504 e. The van der Waals surface area contributed by atoms with Crippen LogP contribution in [0.1, 0.15) is 13.8 Å². The van der Waals surface area contributed by atoms with Gasteiger partial charge < -0.3 is 15.7 Å². The molecule has 1 rings (SSSR count). The van der Waals surface area contributed by atoms with Gasteiger partial charge in [0.15, 0.2) is 5.75 Å². The monoisotopic (exact) mass is 156 g/mol. The van der Waals surface area contributed by atoms with Gasteiger partial charge in [-0.05, 0) is 13.8 Å². The molecule has 4 heteroatoms. The molecule has 0 aliphatic carbocycles. The summed E-state index contributed by atoms with van der Waals surface area (Å²) in [5, 5.41) is 9.03. The SMILES string of the molecule is CC(C)On1cc(N)c(O)c1. The Labute approximate surface area is 65.1 Å². The van der Waals surface area contributed by atoms with Crippen LogP contribution in [0.5, 0.6) is 5.75 Å². The van der Waals surface area contributed by atoms with Gasteiger partial charge in [-0.25, -0.2) is 0 Å². The first kappa shape index (κ1) is 7.78. The highest BCUT2D eigenvalue weighted by molar-refractivity contribution is 5.49. The molecule has 62 valence electrons. The van der Waals surface area contributed by atoms with Crippen LogP contribution in [0.25, 0.3) is 0 Å². The number of hydrogen-bond acceptors (Lipinski definition) is 3. The van der Waals surface area contributed by atoms with Crippen molar-refractivity contribution in [3.63, 3.8) is 0 Å². The molecule has 0 aromatic carbocycles. The van der Waals surface area contributed by atoms with Crippen molar-refractivity contribution in [2.45, 2.75) is 20.0 Å². The van der Waals surface area contributed by atoms with Crippen molar-refractivity contribution in [3.05, 3.63) is 12.4 Å². The van der Waals surface area contributed by atoms with Crippen molar-refractivity contribution in [3.8, 4) is 5.75 Å².